The average molecular weight is 443 g/mol. The zero-order valence-corrected chi connectivity index (χ0v) is 18.7. The lowest BCUT2D eigenvalue weighted by Gasteiger charge is -2.17. The van der Waals surface area contributed by atoms with Gasteiger partial charge < -0.3 is 19.4 Å². The Morgan fingerprint density at radius 1 is 0.939 bits per heavy atom. The summed E-state index contributed by atoms with van der Waals surface area (Å²) in [5, 5.41) is 3.71. The number of nitrogens with one attached hydrogen (secondary N) is 1. The van der Waals surface area contributed by atoms with Crippen LogP contribution in [0.5, 0.6) is 5.75 Å². The van der Waals surface area contributed by atoms with Crippen molar-refractivity contribution in [3.8, 4) is 5.75 Å². The Labute approximate surface area is 192 Å². The number of hydrogen-bond donors (Lipinski definition) is 1. The maximum Gasteiger partial charge on any atom is 0.290 e. The van der Waals surface area contributed by atoms with E-state index < -0.39 is 0 Å². The van der Waals surface area contributed by atoms with Crippen LogP contribution in [0.4, 0.5) is 5.69 Å². The highest BCUT2D eigenvalue weighted by Gasteiger charge is 2.25. The zero-order chi connectivity index (χ0) is 23.2. The van der Waals surface area contributed by atoms with E-state index in [4.69, 9.17) is 9.15 Å². The SMILES string of the molecule is CCc1ccccc1NC(=O)CN(C)C(=O)c1oc2ccccc2c1COc1ccccc1. The Morgan fingerprint density at radius 3 is 2.42 bits per heavy atom. The fourth-order valence-corrected chi connectivity index (χ4v) is 3.69. The standard InChI is InChI=1S/C27H26N2O4/c1-3-19-11-7-9-15-23(19)28-25(30)17-29(2)27(31)26-22(18-32-20-12-5-4-6-13-20)21-14-8-10-16-24(21)33-26/h4-16H,3,17-18H2,1-2H3,(H,28,30). The van der Waals surface area contributed by atoms with Crippen molar-refractivity contribution in [1.82, 2.24) is 4.90 Å². The lowest BCUT2D eigenvalue weighted by Crippen LogP contribution is -2.35. The Morgan fingerprint density at radius 2 is 1.64 bits per heavy atom. The minimum Gasteiger partial charge on any atom is -0.489 e. The van der Waals surface area contributed by atoms with Crippen molar-refractivity contribution >= 4 is 28.5 Å². The molecule has 0 aliphatic rings. The summed E-state index contributed by atoms with van der Waals surface area (Å²) in [5.74, 6) is 0.224. The number of benzene rings is 3. The van der Waals surface area contributed by atoms with Crippen molar-refractivity contribution in [3.05, 3.63) is 95.7 Å². The minimum atomic E-state index is -0.378. The largest absolute Gasteiger partial charge is 0.489 e. The van der Waals surface area contributed by atoms with E-state index in [1.54, 1.807) is 7.05 Å². The van der Waals surface area contributed by atoms with Crippen LogP contribution in [0, 0.1) is 0 Å². The molecule has 33 heavy (non-hydrogen) atoms. The van der Waals surface area contributed by atoms with E-state index in [2.05, 4.69) is 5.32 Å². The zero-order valence-electron chi connectivity index (χ0n) is 18.7. The summed E-state index contributed by atoms with van der Waals surface area (Å²) in [6.45, 7) is 2.10. The number of anilines is 1. The van der Waals surface area contributed by atoms with Crippen LogP contribution in [0.1, 0.15) is 28.6 Å². The van der Waals surface area contributed by atoms with Gasteiger partial charge in [-0.3, -0.25) is 9.59 Å². The fourth-order valence-electron chi connectivity index (χ4n) is 3.69. The summed E-state index contributed by atoms with van der Waals surface area (Å²) in [4.78, 5) is 27.2. The highest BCUT2D eigenvalue weighted by Crippen LogP contribution is 2.28. The number of amides is 2. The number of carbonyl (C=O) groups is 2. The van der Waals surface area contributed by atoms with Crippen molar-refractivity contribution in [3.63, 3.8) is 0 Å². The maximum atomic E-state index is 13.3. The van der Waals surface area contributed by atoms with Gasteiger partial charge in [0.2, 0.25) is 5.91 Å². The number of hydrogen-bond acceptors (Lipinski definition) is 4. The molecule has 0 bridgehead atoms. The molecule has 0 fully saturated rings. The molecular formula is C27H26N2O4. The van der Waals surface area contributed by atoms with Crippen LogP contribution in [-0.2, 0) is 17.8 Å². The topological polar surface area (TPSA) is 71.8 Å². The molecule has 3 aromatic carbocycles. The number of ether oxygens (including phenoxy) is 1. The van der Waals surface area contributed by atoms with Gasteiger partial charge in [-0.15, -0.1) is 0 Å². The van der Waals surface area contributed by atoms with Crippen LogP contribution in [0.25, 0.3) is 11.0 Å². The van der Waals surface area contributed by atoms with E-state index in [1.807, 2.05) is 85.8 Å². The summed E-state index contributed by atoms with van der Waals surface area (Å²) in [5.41, 5.74) is 3.05. The first-order valence-electron chi connectivity index (χ1n) is 10.9. The van der Waals surface area contributed by atoms with Crippen LogP contribution in [-0.4, -0.2) is 30.3 Å². The first-order chi connectivity index (χ1) is 16.1. The summed E-state index contributed by atoms with van der Waals surface area (Å²) >= 11 is 0. The van der Waals surface area contributed by atoms with Gasteiger partial charge in [-0.25, -0.2) is 0 Å². The van der Waals surface area contributed by atoms with Gasteiger partial charge in [0, 0.05) is 23.7 Å². The van der Waals surface area contributed by atoms with E-state index >= 15 is 0 Å². The summed E-state index contributed by atoms with van der Waals surface area (Å²) in [6.07, 6.45) is 0.801. The van der Waals surface area contributed by atoms with Crippen molar-refractivity contribution in [2.24, 2.45) is 0 Å². The monoisotopic (exact) mass is 442 g/mol. The lowest BCUT2D eigenvalue weighted by atomic mass is 10.1. The quantitative estimate of drug-likeness (QED) is 0.403. The molecule has 1 heterocycles. The minimum absolute atomic E-state index is 0.104. The molecule has 4 rings (SSSR count). The molecule has 0 spiro atoms. The van der Waals surface area contributed by atoms with Crippen LogP contribution in [0.15, 0.2) is 83.3 Å². The van der Waals surface area contributed by atoms with Crippen molar-refractivity contribution in [2.45, 2.75) is 20.0 Å². The second-order valence-corrected chi connectivity index (χ2v) is 7.73. The second kappa shape index (κ2) is 10.0. The molecule has 1 N–H and O–H groups in total. The normalized spacial score (nSPS) is 10.7. The van der Waals surface area contributed by atoms with E-state index in [0.29, 0.717) is 16.9 Å². The maximum absolute atomic E-state index is 13.3. The first kappa shape index (κ1) is 22.1. The number of para-hydroxylation sites is 3. The molecule has 0 aliphatic heterocycles. The summed E-state index contributed by atoms with van der Waals surface area (Å²) < 4.78 is 11.8. The summed E-state index contributed by atoms with van der Waals surface area (Å²) in [7, 11) is 1.59. The molecule has 6 heteroatoms. The van der Waals surface area contributed by atoms with Gasteiger partial charge in [0.15, 0.2) is 5.76 Å². The van der Waals surface area contributed by atoms with Gasteiger partial charge >= 0.3 is 0 Å². The number of rotatable bonds is 8. The van der Waals surface area contributed by atoms with Gasteiger partial charge in [-0.05, 0) is 36.2 Å². The molecule has 0 aliphatic carbocycles. The number of carbonyl (C=O) groups excluding carboxylic acids is 2. The molecule has 2 amide bonds. The molecule has 168 valence electrons. The molecule has 4 aromatic rings. The molecule has 0 saturated carbocycles. The predicted octanol–water partition coefficient (Wildman–Crippen LogP) is 5.28. The molecular weight excluding hydrogens is 416 g/mol. The van der Waals surface area contributed by atoms with E-state index in [1.165, 1.54) is 4.90 Å². The predicted molar refractivity (Wildman–Crippen MR) is 128 cm³/mol. The van der Waals surface area contributed by atoms with Crippen molar-refractivity contribution < 1.29 is 18.7 Å². The van der Waals surface area contributed by atoms with Crippen molar-refractivity contribution in [1.29, 1.82) is 0 Å². The van der Waals surface area contributed by atoms with Crippen LogP contribution in [0.2, 0.25) is 0 Å². The molecule has 6 nitrogen and oxygen atoms in total. The smallest absolute Gasteiger partial charge is 0.290 e. The molecule has 1 aromatic heterocycles. The van der Waals surface area contributed by atoms with Gasteiger partial charge in [0.25, 0.3) is 5.91 Å². The molecule has 0 atom stereocenters. The number of nitrogens with zero attached hydrogens (tertiary/aromatic N) is 1. The second-order valence-electron chi connectivity index (χ2n) is 7.73. The van der Waals surface area contributed by atoms with E-state index in [0.717, 1.165) is 23.1 Å². The van der Waals surface area contributed by atoms with E-state index in [9.17, 15) is 9.59 Å². The highest BCUT2D eigenvalue weighted by atomic mass is 16.5. The van der Waals surface area contributed by atoms with Crippen molar-refractivity contribution in [2.75, 3.05) is 18.9 Å². The fraction of sp³-hybridized carbons (Fsp3) is 0.185. The van der Waals surface area contributed by atoms with Gasteiger partial charge in [0.05, 0.1) is 6.54 Å². The third-order valence-electron chi connectivity index (χ3n) is 5.42. The third kappa shape index (κ3) is 5.06. The van der Waals surface area contributed by atoms with Gasteiger partial charge in [0.1, 0.15) is 17.9 Å². The summed E-state index contributed by atoms with van der Waals surface area (Å²) in [6, 6.07) is 24.5. The number of aryl methyl sites for hydroxylation is 1. The Kier molecular flexibility index (Phi) is 6.74. The Bertz CT molecular complexity index is 1260. The average Bonchev–Trinajstić information content (AvgIpc) is 3.21. The molecule has 0 saturated heterocycles. The Hall–Kier alpha value is -4.06. The molecule has 0 radical (unpaired) electrons. The van der Waals surface area contributed by atoms with Crippen LogP contribution >= 0.6 is 0 Å². The first-order valence-corrected chi connectivity index (χ1v) is 10.9. The highest BCUT2D eigenvalue weighted by molar-refractivity contribution is 6.02. The Balaban J connectivity index is 1.52. The van der Waals surface area contributed by atoms with Crippen LogP contribution < -0.4 is 10.1 Å². The van der Waals surface area contributed by atoms with Gasteiger partial charge in [-0.1, -0.05) is 61.5 Å². The number of fused-ring (bicyclic) bond motifs is 1. The number of furan rings is 1. The number of likely N-dealkylation sites (N-methyl/N-ethyl adjacent to an activating group) is 1. The lowest BCUT2D eigenvalue weighted by molar-refractivity contribution is -0.116. The van der Waals surface area contributed by atoms with Crippen LogP contribution in [0.3, 0.4) is 0 Å². The third-order valence-corrected chi connectivity index (χ3v) is 5.42. The van der Waals surface area contributed by atoms with Gasteiger partial charge in [-0.2, -0.15) is 0 Å². The van der Waals surface area contributed by atoms with E-state index in [-0.39, 0.29) is 30.7 Å². The molecule has 0 unspecified atom stereocenters.